The first-order valence-corrected chi connectivity index (χ1v) is 11.6. The van der Waals surface area contributed by atoms with E-state index < -0.39 is 17.6 Å². The topological polar surface area (TPSA) is 105 Å². The average molecular weight is 449 g/mol. The number of carboxylic acid groups (broad SMARTS) is 1. The van der Waals surface area contributed by atoms with Gasteiger partial charge in [0.05, 0.1) is 0 Å². The summed E-state index contributed by atoms with van der Waals surface area (Å²) in [7, 11) is 0. The molecule has 33 heavy (non-hydrogen) atoms. The van der Waals surface area contributed by atoms with Crippen LogP contribution in [0.2, 0.25) is 0 Å². The maximum Gasteiger partial charge on any atom is 0.407 e. The zero-order valence-electron chi connectivity index (χ0n) is 18.4. The van der Waals surface area contributed by atoms with E-state index in [0.29, 0.717) is 32.1 Å². The zero-order valence-corrected chi connectivity index (χ0v) is 18.4. The molecule has 3 aliphatic rings. The summed E-state index contributed by atoms with van der Waals surface area (Å²) in [5, 5.41) is 15.1. The normalized spacial score (nSPS) is 22.5. The summed E-state index contributed by atoms with van der Waals surface area (Å²) in [5.74, 6) is -1.48. The van der Waals surface area contributed by atoms with Crippen molar-refractivity contribution in [2.24, 2.45) is 5.92 Å². The van der Waals surface area contributed by atoms with Crippen molar-refractivity contribution in [3.8, 4) is 11.1 Å². The Labute approximate surface area is 192 Å². The van der Waals surface area contributed by atoms with E-state index in [1.807, 2.05) is 24.3 Å². The molecule has 7 nitrogen and oxygen atoms in total. The predicted octanol–water partition coefficient (Wildman–Crippen LogP) is 3.82. The molecular formula is C26H28N2O5. The van der Waals surface area contributed by atoms with Crippen LogP contribution in [0.3, 0.4) is 0 Å². The van der Waals surface area contributed by atoms with Gasteiger partial charge in [0.25, 0.3) is 0 Å². The largest absolute Gasteiger partial charge is 0.480 e. The molecule has 2 amide bonds. The van der Waals surface area contributed by atoms with Crippen LogP contribution < -0.4 is 10.6 Å². The van der Waals surface area contributed by atoms with Gasteiger partial charge < -0.3 is 20.5 Å². The lowest BCUT2D eigenvalue weighted by atomic mass is 9.76. The molecule has 2 aromatic rings. The van der Waals surface area contributed by atoms with Gasteiger partial charge >= 0.3 is 12.1 Å². The minimum Gasteiger partial charge on any atom is -0.480 e. The summed E-state index contributed by atoms with van der Waals surface area (Å²) in [4.78, 5) is 36.6. The van der Waals surface area contributed by atoms with Crippen LogP contribution in [0.5, 0.6) is 0 Å². The molecule has 2 atom stereocenters. The fraction of sp³-hybridized carbons (Fsp3) is 0.423. The highest BCUT2D eigenvalue weighted by Crippen LogP contribution is 2.44. The number of alkyl carbamates (subject to hydrolysis) is 1. The number of fused-ring (bicyclic) bond motifs is 3. The second kappa shape index (κ2) is 8.54. The van der Waals surface area contributed by atoms with Crippen molar-refractivity contribution in [2.75, 3.05) is 6.61 Å². The number of carbonyl (C=O) groups is 3. The fourth-order valence-corrected chi connectivity index (χ4v) is 5.42. The summed E-state index contributed by atoms with van der Waals surface area (Å²) in [6.07, 6.45) is 3.06. The number of rotatable bonds is 6. The third-order valence-electron chi connectivity index (χ3n) is 7.45. The molecule has 0 heterocycles. The van der Waals surface area contributed by atoms with Gasteiger partial charge in [-0.1, -0.05) is 48.5 Å². The molecule has 2 saturated carbocycles. The average Bonchev–Trinajstić information content (AvgIpc) is 3.37. The van der Waals surface area contributed by atoms with E-state index in [-0.39, 0.29) is 30.4 Å². The van der Waals surface area contributed by atoms with Crippen LogP contribution in [0.25, 0.3) is 11.1 Å². The highest BCUT2D eigenvalue weighted by Gasteiger charge is 2.47. The summed E-state index contributed by atoms with van der Waals surface area (Å²) in [6, 6.07) is 16.2. The number of nitrogens with one attached hydrogen (secondary N) is 2. The van der Waals surface area contributed by atoms with Crippen LogP contribution in [0, 0.1) is 5.92 Å². The van der Waals surface area contributed by atoms with Crippen molar-refractivity contribution >= 4 is 18.0 Å². The second-order valence-electron chi connectivity index (χ2n) is 9.41. The maximum absolute atomic E-state index is 12.6. The first-order chi connectivity index (χ1) is 16.0. The van der Waals surface area contributed by atoms with Gasteiger partial charge in [0.1, 0.15) is 12.1 Å². The Hall–Kier alpha value is -3.35. The van der Waals surface area contributed by atoms with E-state index in [9.17, 15) is 19.5 Å². The molecule has 3 aliphatic carbocycles. The highest BCUT2D eigenvalue weighted by atomic mass is 16.5. The van der Waals surface area contributed by atoms with Gasteiger partial charge in [-0.25, -0.2) is 9.59 Å². The SMILES string of the molecule is O=C(N[C@H]1CC[C@@H](C(=O)NC2(C(=O)O)CCC2)C1)OCC1c2ccccc2-c2ccccc21. The quantitative estimate of drug-likeness (QED) is 0.623. The minimum absolute atomic E-state index is 0.0000562. The highest BCUT2D eigenvalue weighted by molar-refractivity contribution is 5.89. The third kappa shape index (κ3) is 3.96. The molecule has 0 spiro atoms. The van der Waals surface area contributed by atoms with E-state index in [4.69, 9.17) is 4.74 Å². The number of hydrogen-bond acceptors (Lipinski definition) is 4. The molecule has 0 radical (unpaired) electrons. The summed E-state index contributed by atoms with van der Waals surface area (Å²) < 4.78 is 5.61. The van der Waals surface area contributed by atoms with Gasteiger partial charge in [0, 0.05) is 17.9 Å². The Kier molecular flexibility index (Phi) is 5.56. The second-order valence-corrected chi connectivity index (χ2v) is 9.41. The van der Waals surface area contributed by atoms with Crippen molar-refractivity contribution in [1.29, 1.82) is 0 Å². The van der Waals surface area contributed by atoms with Gasteiger partial charge in [-0.15, -0.1) is 0 Å². The first-order valence-electron chi connectivity index (χ1n) is 11.6. The van der Waals surface area contributed by atoms with E-state index in [1.165, 1.54) is 11.1 Å². The van der Waals surface area contributed by atoms with Crippen molar-refractivity contribution in [2.45, 2.75) is 56.0 Å². The van der Waals surface area contributed by atoms with Crippen LogP contribution in [0.4, 0.5) is 4.79 Å². The van der Waals surface area contributed by atoms with Gasteiger partial charge in [0.2, 0.25) is 5.91 Å². The molecule has 0 aromatic heterocycles. The lowest BCUT2D eigenvalue weighted by Gasteiger charge is -2.38. The van der Waals surface area contributed by atoms with Gasteiger partial charge in [0.15, 0.2) is 0 Å². The van der Waals surface area contributed by atoms with Gasteiger partial charge in [-0.05, 0) is 60.8 Å². The van der Waals surface area contributed by atoms with Crippen LogP contribution in [-0.2, 0) is 14.3 Å². The number of carboxylic acids is 1. The standard InChI is InChI=1S/C26H28N2O5/c29-23(28-26(24(30)31)12-5-13-26)16-10-11-17(14-16)27-25(32)33-15-22-20-8-3-1-6-18(20)19-7-2-4-9-21(19)22/h1-4,6-9,16-17,22H,5,10-15H2,(H,27,32)(H,28,29)(H,30,31)/t16-,17+/m1/s1. The zero-order chi connectivity index (χ0) is 23.0. The van der Waals surface area contributed by atoms with Gasteiger partial charge in [-0.3, -0.25) is 4.79 Å². The summed E-state index contributed by atoms with van der Waals surface area (Å²) >= 11 is 0. The van der Waals surface area contributed by atoms with E-state index in [0.717, 1.165) is 17.5 Å². The molecule has 2 aromatic carbocycles. The number of carbonyl (C=O) groups excluding carboxylic acids is 2. The van der Waals surface area contributed by atoms with Crippen LogP contribution >= 0.6 is 0 Å². The van der Waals surface area contributed by atoms with Crippen molar-refractivity contribution in [1.82, 2.24) is 10.6 Å². The number of hydrogen-bond donors (Lipinski definition) is 3. The third-order valence-corrected chi connectivity index (χ3v) is 7.45. The molecule has 5 rings (SSSR count). The van der Waals surface area contributed by atoms with Crippen molar-refractivity contribution in [3.05, 3.63) is 59.7 Å². The van der Waals surface area contributed by atoms with Crippen molar-refractivity contribution in [3.63, 3.8) is 0 Å². The van der Waals surface area contributed by atoms with E-state index in [2.05, 4.69) is 34.9 Å². The molecule has 7 heteroatoms. The van der Waals surface area contributed by atoms with E-state index in [1.54, 1.807) is 0 Å². The lowest BCUT2D eigenvalue weighted by molar-refractivity contribution is -0.152. The Morgan fingerprint density at radius 3 is 2.18 bits per heavy atom. The number of ether oxygens (including phenoxy) is 1. The number of aliphatic carboxylic acids is 1. The molecule has 0 unspecified atom stereocenters. The Morgan fingerprint density at radius 1 is 0.970 bits per heavy atom. The molecule has 0 bridgehead atoms. The lowest BCUT2D eigenvalue weighted by Crippen LogP contribution is -2.60. The fourth-order valence-electron chi connectivity index (χ4n) is 5.42. The van der Waals surface area contributed by atoms with Crippen molar-refractivity contribution < 1.29 is 24.2 Å². The molecule has 0 saturated heterocycles. The monoisotopic (exact) mass is 448 g/mol. The number of amides is 2. The smallest absolute Gasteiger partial charge is 0.407 e. The predicted molar refractivity (Wildman–Crippen MR) is 122 cm³/mol. The van der Waals surface area contributed by atoms with E-state index >= 15 is 0 Å². The molecule has 0 aliphatic heterocycles. The van der Waals surface area contributed by atoms with Gasteiger partial charge in [-0.2, -0.15) is 0 Å². The van der Waals surface area contributed by atoms with Crippen LogP contribution in [0.15, 0.2) is 48.5 Å². The minimum atomic E-state index is -1.10. The molecular weight excluding hydrogens is 420 g/mol. The van der Waals surface area contributed by atoms with Crippen LogP contribution in [0.1, 0.15) is 55.6 Å². The Bertz CT molecular complexity index is 1050. The summed E-state index contributed by atoms with van der Waals surface area (Å²) in [5.41, 5.74) is 3.57. The molecule has 2 fully saturated rings. The Balaban J connectivity index is 1.14. The maximum atomic E-state index is 12.6. The van der Waals surface area contributed by atoms with Crippen LogP contribution in [-0.4, -0.2) is 41.3 Å². The molecule has 172 valence electrons. The first kappa shape index (κ1) is 21.5. The molecule has 3 N–H and O–H groups in total. The number of benzene rings is 2. The Morgan fingerprint density at radius 2 is 1.61 bits per heavy atom. The summed E-state index contributed by atoms with van der Waals surface area (Å²) in [6.45, 7) is 0.248.